The van der Waals surface area contributed by atoms with Crippen LogP contribution in [-0.2, 0) is 0 Å². The van der Waals surface area contributed by atoms with Gasteiger partial charge in [0.15, 0.2) is 0 Å². The van der Waals surface area contributed by atoms with Crippen molar-refractivity contribution < 1.29 is 0 Å². The summed E-state index contributed by atoms with van der Waals surface area (Å²) in [6.07, 6.45) is 1.83. The molecule has 0 aromatic rings. The zero-order valence-corrected chi connectivity index (χ0v) is 8.46. The van der Waals surface area contributed by atoms with E-state index >= 15 is 0 Å². The lowest BCUT2D eigenvalue weighted by Gasteiger charge is -2.28. The van der Waals surface area contributed by atoms with Crippen LogP contribution in [0.3, 0.4) is 0 Å². The Balaban J connectivity index is 2.76. The lowest BCUT2D eigenvalue weighted by molar-refractivity contribution is 0.202. The van der Waals surface area contributed by atoms with E-state index in [-0.39, 0.29) is 5.41 Å². The SMILES string of the molecule is C[C@@H]1C[C@](C)(CC#N)[C@@H](C)N1C. The van der Waals surface area contributed by atoms with Crippen molar-refractivity contribution in [3.63, 3.8) is 0 Å². The van der Waals surface area contributed by atoms with E-state index in [1.165, 1.54) is 0 Å². The van der Waals surface area contributed by atoms with Crippen molar-refractivity contribution in [2.75, 3.05) is 7.05 Å². The van der Waals surface area contributed by atoms with Gasteiger partial charge in [-0.3, -0.25) is 0 Å². The van der Waals surface area contributed by atoms with Gasteiger partial charge in [0.05, 0.1) is 6.07 Å². The Bertz CT molecular complexity index is 206. The van der Waals surface area contributed by atoms with Crippen LogP contribution in [0.15, 0.2) is 0 Å². The number of nitriles is 1. The summed E-state index contributed by atoms with van der Waals surface area (Å²) in [5.41, 5.74) is 0.211. The third-order valence-corrected chi connectivity index (χ3v) is 3.56. The molecular weight excluding hydrogens is 148 g/mol. The molecule has 0 N–H and O–H groups in total. The van der Waals surface area contributed by atoms with Gasteiger partial charge in [0.1, 0.15) is 0 Å². The normalized spacial score (nSPS) is 42.9. The monoisotopic (exact) mass is 166 g/mol. The molecule has 0 unspecified atom stereocenters. The molecule has 0 aliphatic carbocycles. The zero-order valence-electron chi connectivity index (χ0n) is 8.46. The first-order chi connectivity index (χ1) is 5.51. The van der Waals surface area contributed by atoms with Crippen molar-refractivity contribution in [1.82, 2.24) is 4.90 Å². The molecule has 1 fully saturated rings. The quantitative estimate of drug-likeness (QED) is 0.596. The average molecular weight is 166 g/mol. The maximum Gasteiger partial charge on any atom is 0.0628 e. The van der Waals surface area contributed by atoms with Crippen LogP contribution in [0, 0.1) is 16.7 Å². The summed E-state index contributed by atoms with van der Waals surface area (Å²) >= 11 is 0. The van der Waals surface area contributed by atoms with Crippen molar-refractivity contribution >= 4 is 0 Å². The standard InChI is InChI=1S/C10H18N2/c1-8-7-10(3,5-6-11)9(2)12(8)4/h8-9H,5,7H2,1-4H3/t8-,9-,10+/m1/s1. The predicted molar refractivity (Wildman–Crippen MR) is 49.6 cm³/mol. The smallest absolute Gasteiger partial charge is 0.0628 e. The summed E-state index contributed by atoms with van der Waals surface area (Å²) in [4.78, 5) is 2.37. The van der Waals surface area contributed by atoms with Crippen molar-refractivity contribution in [2.45, 2.75) is 45.7 Å². The Labute approximate surface area is 75.2 Å². The van der Waals surface area contributed by atoms with Crippen LogP contribution in [0.5, 0.6) is 0 Å². The molecule has 2 nitrogen and oxygen atoms in total. The summed E-state index contributed by atoms with van der Waals surface area (Å²) < 4.78 is 0. The van der Waals surface area contributed by atoms with Crippen LogP contribution in [0.4, 0.5) is 0 Å². The molecule has 0 saturated carbocycles. The van der Waals surface area contributed by atoms with E-state index in [1.807, 2.05) is 0 Å². The summed E-state index contributed by atoms with van der Waals surface area (Å²) in [7, 11) is 2.15. The van der Waals surface area contributed by atoms with Crippen molar-refractivity contribution in [3.8, 4) is 6.07 Å². The first kappa shape index (κ1) is 9.54. The fraction of sp³-hybridized carbons (Fsp3) is 0.900. The number of hydrogen-bond donors (Lipinski definition) is 0. The van der Waals surface area contributed by atoms with E-state index in [4.69, 9.17) is 5.26 Å². The van der Waals surface area contributed by atoms with Crippen molar-refractivity contribution in [2.24, 2.45) is 5.41 Å². The van der Waals surface area contributed by atoms with Gasteiger partial charge >= 0.3 is 0 Å². The van der Waals surface area contributed by atoms with Gasteiger partial charge in [-0.15, -0.1) is 0 Å². The van der Waals surface area contributed by atoms with Crippen LogP contribution in [0.2, 0.25) is 0 Å². The molecule has 2 heteroatoms. The number of hydrogen-bond acceptors (Lipinski definition) is 2. The highest BCUT2D eigenvalue weighted by atomic mass is 15.2. The number of likely N-dealkylation sites (tertiary alicyclic amines) is 1. The topological polar surface area (TPSA) is 27.0 Å². The molecule has 0 aromatic carbocycles. The minimum absolute atomic E-state index is 0.211. The van der Waals surface area contributed by atoms with E-state index in [0.29, 0.717) is 18.5 Å². The molecule has 1 rings (SSSR count). The first-order valence-electron chi connectivity index (χ1n) is 4.60. The molecule has 1 saturated heterocycles. The van der Waals surface area contributed by atoms with Crippen LogP contribution < -0.4 is 0 Å². The molecule has 0 bridgehead atoms. The largest absolute Gasteiger partial charge is 0.300 e. The molecule has 0 spiro atoms. The van der Waals surface area contributed by atoms with Gasteiger partial charge in [-0.1, -0.05) is 6.92 Å². The lowest BCUT2D eigenvalue weighted by atomic mass is 9.80. The fourth-order valence-electron chi connectivity index (χ4n) is 2.26. The minimum Gasteiger partial charge on any atom is -0.300 e. The molecule has 68 valence electrons. The molecular formula is C10H18N2. The summed E-state index contributed by atoms with van der Waals surface area (Å²) in [6.45, 7) is 6.68. The fourth-order valence-corrected chi connectivity index (χ4v) is 2.26. The lowest BCUT2D eigenvalue weighted by Crippen LogP contribution is -2.34. The molecule has 0 amide bonds. The molecule has 3 atom stereocenters. The van der Waals surface area contributed by atoms with Crippen LogP contribution in [0.25, 0.3) is 0 Å². The minimum atomic E-state index is 0.211. The van der Waals surface area contributed by atoms with Crippen LogP contribution in [0.1, 0.15) is 33.6 Å². The zero-order chi connectivity index (χ0) is 9.35. The Morgan fingerprint density at radius 1 is 1.58 bits per heavy atom. The van der Waals surface area contributed by atoms with Gasteiger partial charge in [0.25, 0.3) is 0 Å². The maximum absolute atomic E-state index is 8.71. The molecule has 0 aromatic heterocycles. The molecule has 1 aliphatic heterocycles. The first-order valence-corrected chi connectivity index (χ1v) is 4.60. The summed E-state index contributed by atoms with van der Waals surface area (Å²) in [5.74, 6) is 0. The van der Waals surface area contributed by atoms with E-state index < -0.39 is 0 Å². The van der Waals surface area contributed by atoms with Crippen LogP contribution >= 0.6 is 0 Å². The third kappa shape index (κ3) is 1.34. The van der Waals surface area contributed by atoms with E-state index in [1.54, 1.807) is 0 Å². The van der Waals surface area contributed by atoms with Gasteiger partial charge in [-0.05, 0) is 32.7 Å². The highest BCUT2D eigenvalue weighted by Gasteiger charge is 2.42. The molecule has 12 heavy (non-hydrogen) atoms. The van der Waals surface area contributed by atoms with E-state index in [0.717, 1.165) is 6.42 Å². The highest BCUT2D eigenvalue weighted by molar-refractivity contribution is 5.00. The van der Waals surface area contributed by atoms with Crippen molar-refractivity contribution in [3.05, 3.63) is 0 Å². The third-order valence-electron chi connectivity index (χ3n) is 3.56. The predicted octanol–water partition coefficient (Wildman–Crippen LogP) is 2.02. The highest BCUT2D eigenvalue weighted by Crippen LogP contribution is 2.41. The second kappa shape index (κ2) is 3.06. The van der Waals surface area contributed by atoms with E-state index in [9.17, 15) is 0 Å². The Kier molecular flexibility index (Phi) is 2.44. The van der Waals surface area contributed by atoms with Gasteiger partial charge in [-0.2, -0.15) is 5.26 Å². The van der Waals surface area contributed by atoms with Gasteiger partial charge in [0, 0.05) is 18.5 Å². The van der Waals surface area contributed by atoms with Crippen LogP contribution in [-0.4, -0.2) is 24.0 Å². The molecule has 0 radical (unpaired) electrons. The number of rotatable bonds is 1. The van der Waals surface area contributed by atoms with Gasteiger partial charge < -0.3 is 4.90 Å². The van der Waals surface area contributed by atoms with E-state index in [2.05, 4.69) is 38.8 Å². The molecule has 1 aliphatic rings. The maximum atomic E-state index is 8.71. The molecule has 1 heterocycles. The van der Waals surface area contributed by atoms with Crippen molar-refractivity contribution in [1.29, 1.82) is 5.26 Å². The summed E-state index contributed by atoms with van der Waals surface area (Å²) in [6, 6.07) is 3.45. The Hall–Kier alpha value is -0.550. The summed E-state index contributed by atoms with van der Waals surface area (Å²) in [5, 5.41) is 8.71. The second-order valence-corrected chi connectivity index (χ2v) is 4.38. The Morgan fingerprint density at radius 3 is 2.50 bits per heavy atom. The second-order valence-electron chi connectivity index (χ2n) is 4.38. The number of nitrogens with zero attached hydrogens (tertiary/aromatic N) is 2. The van der Waals surface area contributed by atoms with Gasteiger partial charge in [-0.25, -0.2) is 0 Å². The average Bonchev–Trinajstić information content (AvgIpc) is 2.17. The Morgan fingerprint density at radius 2 is 2.17 bits per heavy atom. The van der Waals surface area contributed by atoms with Gasteiger partial charge in [0.2, 0.25) is 0 Å².